The molecule has 1 N–H and O–H groups in total. The fourth-order valence-electron chi connectivity index (χ4n) is 1.43. The Morgan fingerprint density at radius 3 is 2.85 bits per heavy atom. The van der Waals surface area contributed by atoms with E-state index in [2.05, 4.69) is 4.90 Å². The Morgan fingerprint density at radius 2 is 2.31 bits per heavy atom. The number of carboxylic acid groups (broad SMARTS) is 1. The Labute approximate surface area is 86.4 Å². The molecule has 13 heavy (non-hydrogen) atoms. The van der Waals surface area contributed by atoms with Crippen LogP contribution in [0, 0.1) is 0 Å². The van der Waals surface area contributed by atoms with E-state index in [1.807, 2.05) is 7.05 Å². The maximum atomic E-state index is 10.6. The summed E-state index contributed by atoms with van der Waals surface area (Å²) in [6.07, 6.45) is 0. The Morgan fingerprint density at radius 1 is 1.62 bits per heavy atom. The van der Waals surface area contributed by atoms with Crippen molar-refractivity contribution in [1.82, 2.24) is 4.90 Å². The third-order valence-electron chi connectivity index (χ3n) is 1.96. The molecule has 1 aromatic heterocycles. The minimum absolute atomic E-state index is 0. The summed E-state index contributed by atoms with van der Waals surface area (Å²) < 4.78 is 0. The molecule has 0 aliphatic carbocycles. The van der Waals surface area contributed by atoms with E-state index in [9.17, 15) is 4.79 Å². The number of hydrogen-bond acceptors (Lipinski definition) is 3. The predicted octanol–water partition coefficient (Wildman–Crippen LogP) is 1.81. The van der Waals surface area contributed by atoms with Crippen molar-refractivity contribution >= 4 is 29.7 Å². The molecule has 0 saturated heterocycles. The smallest absolute Gasteiger partial charge is 0.345 e. The molecule has 0 amide bonds. The lowest BCUT2D eigenvalue weighted by Crippen LogP contribution is -2.08. The lowest BCUT2D eigenvalue weighted by Gasteiger charge is -2.03. The van der Waals surface area contributed by atoms with Gasteiger partial charge in [-0.25, -0.2) is 4.79 Å². The normalized spacial score (nSPS) is 15.2. The van der Waals surface area contributed by atoms with E-state index in [-0.39, 0.29) is 12.4 Å². The van der Waals surface area contributed by atoms with Gasteiger partial charge in [0.25, 0.3) is 0 Å². The highest BCUT2D eigenvalue weighted by molar-refractivity contribution is 7.14. The van der Waals surface area contributed by atoms with Gasteiger partial charge in [-0.3, -0.25) is 4.90 Å². The lowest BCUT2D eigenvalue weighted by molar-refractivity contribution is 0.0702. The highest BCUT2D eigenvalue weighted by atomic mass is 35.5. The molecule has 0 saturated carbocycles. The Kier molecular flexibility index (Phi) is 2.95. The largest absolute Gasteiger partial charge is 0.477 e. The fraction of sp³-hybridized carbons (Fsp3) is 0.375. The first-order valence-electron chi connectivity index (χ1n) is 3.70. The minimum Gasteiger partial charge on any atom is -0.477 e. The Bertz CT molecular complexity index is 313. The van der Waals surface area contributed by atoms with E-state index in [4.69, 9.17) is 5.11 Å². The molecular formula is C8H10ClNO2S. The van der Waals surface area contributed by atoms with Crippen LogP contribution >= 0.6 is 23.7 Å². The maximum Gasteiger partial charge on any atom is 0.345 e. The van der Waals surface area contributed by atoms with Gasteiger partial charge in [-0.1, -0.05) is 0 Å². The van der Waals surface area contributed by atoms with E-state index >= 15 is 0 Å². The van der Waals surface area contributed by atoms with Crippen LogP contribution in [0.4, 0.5) is 0 Å². The number of nitrogens with zero attached hydrogens (tertiary/aromatic N) is 1. The molecule has 3 nitrogen and oxygen atoms in total. The molecule has 1 aliphatic rings. The predicted molar refractivity (Wildman–Crippen MR) is 53.7 cm³/mol. The molecule has 0 aromatic carbocycles. The summed E-state index contributed by atoms with van der Waals surface area (Å²) >= 11 is 1.39. The van der Waals surface area contributed by atoms with Crippen LogP contribution in [0.5, 0.6) is 0 Å². The van der Waals surface area contributed by atoms with E-state index < -0.39 is 5.97 Å². The number of fused-ring (bicyclic) bond motifs is 1. The van der Waals surface area contributed by atoms with Crippen molar-refractivity contribution in [2.24, 2.45) is 0 Å². The van der Waals surface area contributed by atoms with Crippen molar-refractivity contribution in [3.8, 4) is 0 Å². The van der Waals surface area contributed by atoms with Crippen LogP contribution in [0.3, 0.4) is 0 Å². The average Bonchev–Trinajstić information content (AvgIpc) is 2.42. The maximum absolute atomic E-state index is 10.6. The second-order valence-electron chi connectivity index (χ2n) is 3.04. The van der Waals surface area contributed by atoms with Crippen LogP contribution in [0.25, 0.3) is 0 Å². The van der Waals surface area contributed by atoms with Gasteiger partial charge in [0.15, 0.2) is 0 Å². The summed E-state index contributed by atoms with van der Waals surface area (Å²) in [6.45, 7) is 1.78. The topological polar surface area (TPSA) is 40.5 Å². The number of carboxylic acids is 1. The molecule has 0 unspecified atom stereocenters. The Hall–Kier alpha value is -0.580. The van der Waals surface area contributed by atoms with Crippen LogP contribution in [0.15, 0.2) is 6.07 Å². The summed E-state index contributed by atoms with van der Waals surface area (Å²) in [5.41, 5.74) is 1.18. The first kappa shape index (κ1) is 10.5. The number of aromatic carboxylic acids is 1. The van der Waals surface area contributed by atoms with Gasteiger partial charge in [0, 0.05) is 18.0 Å². The monoisotopic (exact) mass is 219 g/mol. The van der Waals surface area contributed by atoms with Gasteiger partial charge < -0.3 is 5.11 Å². The van der Waals surface area contributed by atoms with Crippen molar-refractivity contribution in [2.75, 3.05) is 7.05 Å². The van der Waals surface area contributed by atoms with E-state index in [0.717, 1.165) is 13.1 Å². The zero-order valence-corrected chi connectivity index (χ0v) is 8.74. The Balaban J connectivity index is 0.000000845. The van der Waals surface area contributed by atoms with Gasteiger partial charge in [-0.05, 0) is 18.7 Å². The van der Waals surface area contributed by atoms with Crippen LogP contribution < -0.4 is 0 Å². The molecule has 2 rings (SSSR count). The number of thiophene rings is 1. The zero-order chi connectivity index (χ0) is 8.72. The molecule has 0 radical (unpaired) electrons. The second-order valence-corrected chi connectivity index (χ2v) is 4.17. The van der Waals surface area contributed by atoms with Gasteiger partial charge in [0.05, 0.1) is 0 Å². The highest BCUT2D eigenvalue weighted by Gasteiger charge is 2.20. The summed E-state index contributed by atoms with van der Waals surface area (Å²) in [7, 11) is 2.03. The molecule has 5 heteroatoms. The second kappa shape index (κ2) is 3.65. The highest BCUT2D eigenvalue weighted by Crippen LogP contribution is 2.29. The van der Waals surface area contributed by atoms with Crippen molar-refractivity contribution in [3.63, 3.8) is 0 Å². The summed E-state index contributed by atoms with van der Waals surface area (Å²) in [5.74, 6) is -0.808. The lowest BCUT2D eigenvalue weighted by atomic mass is 10.3. The molecular weight excluding hydrogens is 210 g/mol. The number of carbonyl (C=O) groups is 1. The van der Waals surface area contributed by atoms with Crippen LogP contribution in [0.2, 0.25) is 0 Å². The van der Waals surface area contributed by atoms with Gasteiger partial charge in [0.2, 0.25) is 0 Å². The average molecular weight is 220 g/mol. The molecule has 0 spiro atoms. The third kappa shape index (κ3) is 1.85. The number of hydrogen-bond donors (Lipinski definition) is 1. The summed E-state index contributed by atoms with van der Waals surface area (Å²) in [4.78, 5) is 14.4. The standard InChI is InChI=1S/C8H9NO2S.ClH/c1-9-3-5-2-6(8(10)11)12-7(5)4-9;/h2H,3-4H2,1H3,(H,10,11);1H. The molecule has 1 aromatic rings. The minimum atomic E-state index is -0.808. The molecule has 0 fully saturated rings. The van der Waals surface area contributed by atoms with Gasteiger partial charge in [-0.2, -0.15) is 0 Å². The summed E-state index contributed by atoms with van der Waals surface area (Å²) in [5, 5.41) is 8.70. The van der Waals surface area contributed by atoms with Crippen molar-refractivity contribution in [1.29, 1.82) is 0 Å². The van der Waals surface area contributed by atoms with E-state index in [0.29, 0.717) is 4.88 Å². The number of rotatable bonds is 1. The van der Waals surface area contributed by atoms with Crippen LogP contribution in [-0.2, 0) is 13.1 Å². The first-order valence-corrected chi connectivity index (χ1v) is 4.52. The van der Waals surface area contributed by atoms with Crippen LogP contribution in [-0.4, -0.2) is 23.0 Å². The quantitative estimate of drug-likeness (QED) is 0.783. The molecule has 2 heterocycles. The molecule has 72 valence electrons. The number of halogens is 1. The van der Waals surface area contributed by atoms with E-state index in [1.165, 1.54) is 21.8 Å². The van der Waals surface area contributed by atoms with E-state index in [1.54, 1.807) is 6.07 Å². The summed E-state index contributed by atoms with van der Waals surface area (Å²) in [6, 6.07) is 1.78. The SMILES string of the molecule is CN1Cc2cc(C(=O)O)sc2C1.Cl. The van der Waals surface area contributed by atoms with Crippen LogP contribution in [0.1, 0.15) is 20.1 Å². The molecule has 0 bridgehead atoms. The van der Waals surface area contributed by atoms with Gasteiger partial charge >= 0.3 is 5.97 Å². The zero-order valence-electron chi connectivity index (χ0n) is 7.11. The van der Waals surface area contributed by atoms with Gasteiger partial charge in [-0.15, -0.1) is 23.7 Å². The fourth-order valence-corrected chi connectivity index (χ4v) is 2.52. The van der Waals surface area contributed by atoms with Crippen molar-refractivity contribution in [2.45, 2.75) is 13.1 Å². The van der Waals surface area contributed by atoms with Crippen molar-refractivity contribution < 1.29 is 9.90 Å². The van der Waals surface area contributed by atoms with Crippen molar-refractivity contribution in [3.05, 3.63) is 21.4 Å². The molecule has 0 atom stereocenters. The third-order valence-corrected chi connectivity index (χ3v) is 3.11. The molecule has 1 aliphatic heterocycles. The first-order chi connectivity index (χ1) is 5.66. The van der Waals surface area contributed by atoms with Gasteiger partial charge in [0.1, 0.15) is 4.88 Å².